The van der Waals surface area contributed by atoms with Gasteiger partial charge in [0.1, 0.15) is 0 Å². The van der Waals surface area contributed by atoms with Crippen molar-refractivity contribution in [3.8, 4) is 23.0 Å². The average Bonchev–Trinajstić information content (AvgIpc) is 3.08. The van der Waals surface area contributed by atoms with Crippen LogP contribution in [-0.2, 0) is 6.54 Å². The number of aromatic nitrogens is 5. The molecule has 3 rings (SSSR count). The first kappa shape index (κ1) is 10.6. The molecule has 92 valence electrons. The first-order valence-corrected chi connectivity index (χ1v) is 5.57. The second kappa shape index (κ2) is 4.02. The van der Waals surface area contributed by atoms with Crippen LogP contribution in [-0.4, -0.2) is 25.0 Å². The van der Waals surface area contributed by atoms with Crippen molar-refractivity contribution < 1.29 is 4.42 Å². The second-order valence-corrected chi connectivity index (χ2v) is 3.77. The van der Waals surface area contributed by atoms with Gasteiger partial charge in [-0.05, 0) is 19.1 Å². The molecule has 3 heterocycles. The number of anilines is 1. The number of nitrogens with one attached hydrogen (secondary N) is 1. The van der Waals surface area contributed by atoms with Crippen LogP contribution in [0.1, 0.15) is 6.92 Å². The van der Waals surface area contributed by atoms with Gasteiger partial charge in [-0.25, -0.2) is 4.98 Å². The number of H-pyrrole nitrogens is 1. The molecule has 0 atom stereocenters. The number of nitrogen functional groups attached to an aromatic ring is 1. The van der Waals surface area contributed by atoms with Crippen LogP contribution in [0.5, 0.6) is 0 Å². The molecule has 0 unspecified atom stereocenters. The van der Waals surface area contributed by atoms with Crippen molar-refractivity contribution in [1.82, 2.24) is 25.0 Å². The van der Waals surface area contributed by atoms with Gasteiger partial charge in [-0.15, -0.1) is 0 Å². The lowest BCUT2D eigenvalue weighted by molar-refractivity contribution is 0.577. The zero-order valence-electron chi connectivity index (χ0n) is 9.79. The van der Waals surface area contributed by atoms with Gasteiger partial charge in [-0.3, -0.25) is 9.78 Å². The number of aryl methyl sites for hydroxylation is 1. The van der Waals surface area contributed by atoms with Crippen LogP contribution in [0.4, 0.5) is 5.82 Å². The maximum atomic E-state index is 5.83. The van der Waals surface area contributed by atoms with E-state index in [1.54, 1.807) is 17.0 Å². The Morgan fingerprint density at radius 2 is 2.39 bits per heavy atom. The van der Waals surface area contributed by atoms with E-state index in [9.17, 15) is 0 Å². The highest BCUT2D eigenvalue weighted by molar-refractivity contribution is 5.68. The van der Waals surface area contributed by atoms with E-state index in [1.807, 2.05) is 19.2 Å². The monoisotopic (exact) mass is 244 g/mol. The zero-order valence-corrected chi connectivity index (χ0v) is 9.79. The van der Waals surface area contributed by atoms with Gasteiger partial charge < -0.3 is 10.2 Å². The average molecular weight is 244 g/mol. The Labute approximate surface area is 103 Å². The Morgan fingerprint density at radius 1 is 1.50 bits per heavy atom. The van der Waals surface area contributed by atoms with Crippen LogP contribution < -0.4 is 5.73 Å². The molecule has 0 aliphatic rings. The summed E-state index contributed by atoms with van der Waals surface area (Å²) in [4.78, 5) is 4.34. The van der Waals surface area contributed by atoms with E-state index in [4.69, 9.17) is 10.2 Å². The van der Waals surface area contributed by atoms with Crippen molar-refractivity contribution in [2.24, 2.45) is 0 Å². The Balaban J connectivity index is 2.00. The Hall–Kier alpha value is -2.57. The number of hydrogen-bond donors (Lipinski definition) is 2. The molecule has 0 fully saturated rings. The molecule has 0 amide bonds. The molecule has 0 saturated carbocycles. The van der Waals surface area contributed by atoms with Crippen LogP contribution >= 0.6 is 0 Å². The predicted molar refractivity (Wildman–Crippen MR) is 65.4 cm³/mol. The van der Waals surface area contributed by atoms with E-state index >= 15 is 0 Å². The van der Waals surface area contributed by atoms with E-state index in [-0.39, 0.29) is 0 Å². The van der Waals surface area contributed by atoms with Crippen molar-refractivity contribution >= 4 is 5.82 Å². The van der Waals surface area contributed by atoms with Crippen LogP contribution in [0, 0.1) is 0 Å². The minimum absolute atomic E-state index is 0.418. The van der Waals surface area contributed by atoms with E-state index < -0.39 is 0 Å². The predicted octanol–water partition coefficient (Wildman–Crippen LogP) is 1.53. The van der Waals surface area contributed by atoms with E-state index in [2.05, 4.69) is 20.3 Å². The summed E-state index contributed by atoms with van der Waals surface area (Å²) in [5, 5.41) is 11.1. The number of nitrogens with two attached hydrogens (primary N) is 1. The minimum atomic E-state index is 0.418. The van der Waals surface area contributed by atoms with Gasteiger partial charge in [-0.1, -0.05) is 0 Å². The highest BCUT2D eigenvalue weighted by Crippen LogP contribution is 2.23. The lowest BCUT2D eigenvalue weighted by atomic mass is 10.3. The topological polar surface area (TPSA) is 98.5 Å². The summed E-state index contributed by atoms with van der Waals surface area (Å²) in [5.74, 6) is 2.13. The third-order valence-electron chi connectivity index (χ3n) is 2.60. The number of aromatic amines is 1. The van der Waals surface area contributed by atoms with Gasteiger partial charge in [0.15, 0.2) is 23.2 Å². The molecule has 0 aromatic carbocycles. The first-order chi connectivity index (χ1) is 8.78. The fourth-order valence-electron chi connectivity index (χ4n) is 1.68. The molecule has 0 aliphatic heterocycles. The van der Waals surface area contributed by atoms with Crippen molar-refractivity contribution in [2.45, 2.75) is 13.5 Å². The third-order valence-corrected chi connectivity index (χ3v) is 2.60. The summed E-state index contributed by atoms with van der Waals surface area (Å²) < 4.78 is 6.98. The fourth-order valence-corrected chi connectivity index (χ4v) is 1.68. The molecule has 18 heavy (non-hydrogen) atoms. The van der Waals surface area contributed by atoms with Gasteiger partial charge in [0.05, 0.1) is 11.8 Å². The van der Waals surface area contributed by atoms with Gasteiger partial charge in [0.25, 0.3) is 0 Å². The molecular formula is C11H12N6O. The second-order valence-electron chi connectivity index (χ2n) is 3.77. The lowest BCUT2D eigenvalue weighted by Gasteiger charge is -1.89. The Bertz CT molecular complexity index is 651. The minimum Gasteiger partial charge on any atom is -0.461 e. The van der Waals surface area contributed by atoms with Gasteiger partial charge in [0.2, 0.25) is 0 Å². The molecule has 7 heteroatoms. The highest BCUT2D eigenvalue weighted by atomic mass is 16.3. The summed E-state index contributed by atoms with van der Waals surface area (Å²) in [7, 11) is 0. The molecule has 0 bridgehead atoms. The number of rotatable bonds is 3. The molecule has 0 aliphatic carbocycles. The van der Waals surface area contributed by atoms with E-state index in [0.29, 0.717) is 28.8 Å². The Morgan fingerprint density at radius 3 is 3.06 bits per heavy atom. The van der Waals surface area contributed by atoms with E-state index in [0.717, 1.165) is 6.54 Å². The maximum absolute atomic E-state index is 5.83. The summed E-state index contributed by atoms with van der Waals surface area (Å²) >= 11 is 0. The molecule has 0 saturated heterocycles. The number of furan rings is 1. The number of hydrogen-bond acceptors (Lipinski definition) is 5. The summed E-state index contributed by atoms with van der Waals surface area (Å²) in [5.41, 5.74) is 6.54. The summed E-state index contributed by atoms with van der Waals surface area (Å²) in [6.07, 6.45) is 3.41. The molecular weight excluding hydrogens is 232 g/mol. The molecule has 3 N–H and O–H groups in total. The van der Waals surface area contributed by atoms with Crippen LogP contribution in [0.3, 0.4) is 0 Å². The summed E-state index contributed by atoms with van der Waals surface area (Å²) in [6, 6.07) is 3.60. The van der Waals surface area contributed by atoms with E-state index in [1.165, 1.54) is 0 Å². The third kappa shape index (κ3) is 1.65. The number of nitrogens with zero attached hydrogens (tertiary/aromatic N) is 4. The van der Waals surface area contributed by atoms with Gasteiger partial charge in [0, 0.05) is 12.7 Å². The lowest BCUT2D eigenvalue weighted by Crippen LogP contribution is -1.95. The van der Waals surface area contributed by atoms with Gasteiger partial charge in [-0.2, -0.15) is 10.2 Å². The Kier molecular flexibility index (Phi) is 2.36. The van der Waals surface area contributed by atoms with Crippen molar-refractivity contribution in [1.29, 1.82) is 0 Å². The van der Waals surface area contributed by atoms with Crippen LogP contribution in [0.25, 0.3) is 23.0 Å². The smallest absolute Gasteiger partial charge is 0.192 e. The zero-order chi connectivity index (χ0) is 12.5. The SMILES string of the molecule is CCn1cc(-c2n[nH]c(-c3ccco3)n2)c(N)n1. The summed E-state index contributed by atoms with van der Waals surface area (Å²) in [6.45, 7) is 2.74. The van der Waals surface area contributed by atoms with Crippen molar-refractivity contribution in [3.63, 3.8) is 0 Å². The van der Waals surface area contributed by atoms with Gasteiger partial charge >= 0.3 is 0 Å². The quantitative estimate of drug-likeness (QED) is 0.728. The van der Waals surface area contributed by atoms with Crippen LogP contribution in [0.15, 0.2) is 29.0 Å². The molecule has 3 aromatic heterocycles. The molecule has 0 radical (unpaired) electrons. The largest absolute Gasteiger partial charge is 0.461 e. The van der Waals surface area contributed by atoms with Crippen molar-refractivity contribution in [2.75, 3.05) is 5.73 Å². The standard InChI is InChI=1S/C11H12N6O/c1-2-17-6-7(9(12)16-17)10-13-11(15-14-10)8-4-3-5-18-8/h3-6H,2H2,1H3,(H2,12,16)(H,13,14,15). The highest BCUT2D eigenvalue weighted by Gasteiger charge is 2.14. The molecule has 3 aromatic rings. The van der Waals surface area contributed by atoms with Crippen molar-refractivity contribution in [3.05, 3.63) is 24.6 Å². The fraction of sp³-hybridized carbons (Fsp3) is 0.182. The van der Waals surface area contributed by atoms with Crippen LogP contribution in [0.2, 0.25) is 0 Å². The first-order valence-electron chi connectivity index (χ1n) is 5.57. The maximum Gasteiger partial charge on any atom is 0.192 e. The molecule has 7 nitrogen and oxygen atoms in total. The molecule has 0 spiro atoms. The normalized spacial score (nSPS) is 10.9.